The van der Waals surface area contributed by atoms with Crippen molar-refractivity contribution < 1.29 is 21.7 Å². The molecular weight excluding hydrogens is 387 g/mol. The molecule has 1 aromatic carbocycles. The van der Waals surface area contributed by atoms with Crippen molar-refractivity contribution >= 4 is 30.4 Å². The van der Waals surface area contributed by atoms with Crippen molar-refractivity contribution in [2.45, 2.75) is 39.7 Å². The van der Waals surface area contributed by atoms with E-state index in [1.165, 1.54) is 22.3 Å². The molecule has 0 saturated heterocycles. The van der Waals surface area contributed by atoms with E-state index in [1.54, 1.807) is 0 Å². The molecule has 2 rings (SSSR count). The van der Waals surface area contributed by atoms with Gasteiger partial charge in [-0.05, 0) is 26.1 Å². The largest absolute Gasteiger partial charge is 2.00 e. The van der Waals surface area contributed by atoms with Crippen LogP contribution in [0.4, 0.5) is 0 Å². The average Bonchev–Trinajstić information content (AvgIpc) is 2.84. The molecule has 0 amide bonds. The zero-order valence-corrected chi connectivity index (χ0v) is 19.4. The molecule has 0 fully saturated rings. The molecule has 0 spiro atoms. The molecule has 0 atom stereocenters. The fourth-order valence-electron chi connectivity index (χ4n) is 2.29. The van der Waals surface area contributed by atoms with E-state index in [-0.39, 0.29) is 52.1 Å². The van der Waals surface area contributed by atoms with E-state index >= 15 is 0 Å². The van der Waals surface area contributed by atoms with Crippen LogP contribution < -0.4 is 0 Å². The molecule has 140 valence electrons. The van der Waals surface area contributed by atoms with Crippen LogP contribution in [0, 0.1) is 6.42 Å². The van der Waals surface area contributed by atoms with Crippen LogP contribution in [0.2, 0.25) is 0 Å². The Morgan fingerprint density at radius 3 is 2.12 bits per heavy atom. The third-order valence-corrected chi connectivity index (χ3v) is 3.06. The second-order valence-corrected chi connectivity index (χ2v) is 7.02. The van der Waals surface area contributed by atoms with Gasteiger partial charge in [0.25, 0.3) is 0 Å². The molecule has 25 heavy (non-hydrogen) atoms. The van der Waals surface area contributed by atoms with Gasteiger partial charge >= 0.3 is 21.7 Å². The fourth-order valence-corrected chi connectivity index (χ4v) is 2.29. The van der Waals surface area contributed by atoms with Crippen molar-refractivity contribution in [3.8, 4) is 0 Å². The molecule has 1 aromatic rings. The van der Waals surface area contributed by atoms with Crippen molar-refractivity contribution in [2.75, 3.05) is 20.6 Å². The van der Waals surface area contributed by atoms with Crippen molar-refractivity contribution in [3.05, 3.63) is 65.3 Å². The van der Waals surface area contributed by atoms with Gasteiger partial charge in [-0.3, -0.25) is 0 Å². The van der Waals surface area contributed by atoms with Crippen LogP contribution >= 0.6 is 24.8 Å². The van der Waals surface area contributed by atoms with E-state index < -0.39 is 0 Å². The molecule has 0 aliphatic heterocycles. The molecule has 2 nitrogen and oxygen atoms in total. The number of hydrogen-bond acceptors (Lipinski definition) is 1. The summed E-state index contributed by atoms with van der Waals surface area (Å²) in [7, 11) is 4.22. The number of likely N-dealkylation sites (N-methyl/N-ethyl adjacent to an activating group) is 1. The van der Waals surface area contributed by atoms with Gasteiger partial charge in [0.05, 0.1) is 0 Å². The van der Waals surface area contributed by atoms with Crippen LogP contribution in [0.3, 0.4) is 0 Å². The van der Waals surface area contributed by atoms with Gasteiger partial charge in [0.2, 0.25) is 0 Å². The number of halogens is 2. The minimum atomic E-state index is -0.250. The third kappa shape index (κ3) is 12.7. The van der Waals surface area contributed by atoms with Gasteiger partial charge in [-0.15, -0.1) is 48.0 Å². The van der Waals surface area contributed by atoms with E-state index in [9.17, 15) is 0 Å². The fraction of sp³-hybridized carbons (Fsp3) is 0.450. The van der Waals surface area contributed by atoms with E-state index in [0.717, 1.165) is 13.0 Å². The number of nitrogens with one attached hydrogen (secondary N) is 1. The van der Waals surface area contributed by atoms with E-state index in [1.807, 2.05) is 20.8 Å². The molecule has 5 heteroatoms. The molecular formula is C20H32Cl2N2Ti. The van der Waals surface area contributed by atoms with Crippen LogP contribution in [0.15, 0.2) is 42.0 Å². The Morgan fingerprint density at radius 1 is 1.12 bits per heavy atom. The maximum Gasteiger partial charge on any atom is 2.00 e. The Kier molecular flexibility index (Phi) is 16.4. The molecule has 1 aliphatic carbocycles. The Balaban J connectivity index is -0.000000539. The number of hydrogen-bond donors (Lipinski definition) is 0. The molecule has 1 aliphatic rings. The van der Waals surface area contributed by atoms with Gasteiger partial charge in [0.1, 0.15) is 0 Å². The molecule has 0 bridgehead atoms. The summed E-state index contributed by atoms with van der Waals surface area (Å²) in [6.45, 7) is 8.69. The third-order valence-electron chi connectivity index (χ3n) is 3.06. The first kappa shape index (κ1) is 29.5. The summed E-state index contributed by atoms with van der Waals surface area (Å²) in [6, 6.07) is 8.61. The van der Waals surface area contributed by atoms with E-state index in [2.05, 4.69) is 68.8 Å². The first-order chi connectivity index (χ1) is 10.2. The predicted octanol–water partition coefficient (Wildman–Crippen LogP) is 6.21. The van der Waals surface area contributed by atoms with Crippen LogP contribution in [0.1, 0.15) is 45.2 Å². The topological polar surface area (TPSA) is 27.0 Å². The number of benzene rings is 1. The van der Waals surface area contributed by atoms with Gasteiger partial charge in [0.15, 0.2) is 0 Å². The molecule has 0 unspecified atom stereocenters. The second kappa shape index (κ2) is 13.9. The molecule has 0 saturated carbocycles. The summed E-state index contributed by atoms with van der Waals surface area (Å²) in [6.07, 6.45) is 7.91. The minimum Gasteiger partial charge on any atom is -0.673 e. The van der Waals surface area contributed by atoms with Crippen LogP contribution in [0.25, 0.3) is 11.3 Å². The van der Waals surface area contributed by atoms with Crippen molar-refractivity contribution in [3.63, 3.8) is 0 Å². The number of allylic oxidation sites excluding steroid dienone is 2. The van der Waals surface area contributed by atoms with Gasteiger partial charge in [-0.2, -0.15) is 18.1 Å². The quantitative estimate of drug-likeness (QED) is 0.421. The smallest absolute Gasteiger partial charge is 0.673 e. The molecule has 0 aromatic heterocycles. The Labute approximate surface area is 182 Å². The first-order valence-electron chi connectivity index (χ1n) is 7.89. The van der Waals surface area contributed by atoms with Crippen molar-refractivity contribution in [1.29, 1.82) is 0 Å². The summed E-state index contributed by atoms with van der Waals surface area (Å²) >= 11 is 0. The number of nitrogens with zero attached hydrogens (tertiary/aromatic N) is 1. The number of rotatable bonds is 4. The van der Waals surface area contributed by atoms with E-state index in [0.29, 0.717) is 0 Å². The SMILES string of the molecule is CC(C)(C)[NH-].C[CH-]c1ccccc1C1=CC(CN(C)C)=CC1.Cl.Cl.[Ti+2]. The van der Waals surface area contributed by atoms with Crippen LogP contribution in [-0.4, -0.2) is 31.1 Å². The zero-order valence-electron chi connectivity index (χ0n) is 16.2. The summed E-state index contributed by atoms with van der Waals surface area (Å²) in [5, 5.41) is 0. The Bertz CT molecular complexity index is 541. The Morgan fingerprint density at radius 2 is 1.64 bits per heavy atom. The summed E-state index contributed by atoms with van der Waals surface area (Å²) < 4.78 is 0. The van der Waals surface area contributed by atoms with Gasteiger partial charge < -0.3 is 10.6 Å². The minimum absolute atomic E-state index is 0. The normalized spacial score (nSPS) is 12.5. The molecule has 0 heterocycles. The second-order valence-electron chi connectivity index (χ2n) is 7.02. The van der Waals surface area contributed by atoms with E-state index in [4.69, 9.17) is 5.73 Å². The monoisotopic (exact) mass is 418 g/mol. The van der Waals surface area contributed by atoms with Crippen molar-refractivity contribution in [1.82, 2.24) is 4.90 Å². The zero-order chi connectivity index (χ0) is 16.8. The van der Waals surface area contributed by atoms with Crippen molar-refractivity contribution in [2.24, 2.45) is 0 Å². The summed E-state index contributed by atoms with van der Waals surface area (Å²) in [5.74, 6) is 0. The summed E-state index contributed by atoms with van der Waals surface area (Å²) in [5.41, 5.74) is 12.3. The van der Waals surface area contributed by atoms with Gasteiger partial charge in [-0.1, -0.05) is 51.5 Å². The Hall–Kier alpha value is -0.216. The standard InChI is InChI=1S/C16H20N.C4H10N.2ClH.Ti/c1-4-14-7-5-6-8-16(14)15-10-9-13(11-15)12-17(2)3;1-4(2,3)5;;;/h4-9,11H,10,12H2,1-3H3;5H,1-3H3;2*1H;/q2*-1;;;+2. The van der Waals surface area contributed by atoms with Crippen LogP contribution in [0.5, 0.6) is 0 Å². The van der Waals surface area contributed by atoms with Gasteiger partial charge in [-0.25, -0.2) is 0 Å². The molecule has 0 radical (unpaired) electrons. The summed E-state index contributed by atoms with van der Waals surface area (Å²) in [4.78, 5) is 2.21. The average molecular weight is 419 g/mol. The van der Waals surface area contributed by atoms with Gasteiger partial charge in [0, 0.05) is 6.54 Å². The maximum atomic E-state index is 6.94. The maximum absolute atomic E-state index is 6.94. The predicted molar refractivity (Wildman–Crippen MR) is 113 cm³/mol. The van der Waals surface area contributed by atoms with Crippen LogP contribution in [-0.2, 0) is 21.7 Å². The first-order valence-corrected chi connectivity index (χ1v) is 7.89. The molecule has 1 N–H and O–H groups in total.